The monoisotopic (exact) mass is 242 g/mol. The first-order valence-corrected chi connectivity index (χ1v) is 4.69. The minimum absolute atomic E-state index is 0.0477. The summed E-state index contributed by atoms with van der Waals surface area (Å²) in [5, 5.41) is -0.288. The van der Waals surface area contributed by atoms with Crippen molar-refractivity contribution in [3.63, 3.8) is 0 Å². The summed E-state index contributed by atoms with van der Waals surface area (Å²) in [4.78, 5) is 0. The van der Waals surface area contributed by atoms with E-state index in [1.165, 1.54) is 6.07 Å². The topological polar surface area (TPSA) is 0 Å². The van der Waals surface area contributed by atoms with Gasteiger partial charge >= 0.3 is 6.18 Å². The number of aryl methyl sites for hydroxylation is 1. The van der Waals surface area contributed by atoms with Crippen LogP contribution in [0.2, 0.25) is 5.02 Å². The lowest BCUT2D eigenvalue weighted by atomic mass is 10.1. The van der Waals surface area contributed by atoms with Crippen molar-refractivity contribution in [3.05, 3.63) is 33.8 Å². The molecule has 0 unspecified atom stereocenters. The maximum Gasteiger partial charge on any atom is 0.417 e. The van der Waals surface area contributed by atoms with Crippen molar-refractivity contribution >= 4 is 23.2 Å². The third-order valence-electron chi connectivity index (χ3n) is 1.87. The predicted molar refractivity (Wildman–Crippen MR) is 50.7 cm³/mol. The van der Waals surface area contributed by atoms with Crippen LogP contribution in [0.5, 0.6) is 0 Å². The van der Waals surface area contributed by atoms with E-state index >= 15 is 0 Å². The zero-order chi connectivity index (χ0) is 10.9. The Morgan fingerprint density at radius 2 is 1.86 bits per heavy atom. The second-order valence-electron chi connectivity index (χ2n) is 2.89. The molecule has 0 nitrogen and oxygen atoms in total. The first kappa shape index (κ1) is 11.7. The fourth-order valence-electron chi connectivity index (χ4n) is 1.08. The van der Waals surface area contributed by atoms with Crippen molar-refractivity contribution in [2.75, 3.05) is 0 Å². The van der Waals surface area contributed by atoms with Gasteiger partial charge in [0.15, 0.2) is 0 Å². The summed E-state index contributed by atoms with van der Waals surface area (Å²) in [7, 11) is 0. The predicted octanol–water partition coefficient (Wildman–Crippen LogP) is 4.41. The molecule has 0 radical (unpaired) electrons. The molecule has 0 aromatic heterocycles. The summed E-state index contributed by atoms with van der Waals surface area (Å²) in [5.41, 5.74) is 0.279. The number of alkyl halides is 4. The number of hydrogen-bond donors (Lipinski definition) is 0. The molecular weight excluding hydrogens is 236 g/mol. The second kappa shape index (κ2) is 3.99. The molecule has 0 aliphatic rings. The molecule has 0 saturated heterocycles. The third kappa shape index (κ3) is 2.34. The van der Waals surface area contributed by atoms with E-state index in [1.54, 1.807) is 6.92 Å². The standard InChI is InChI=1S/C9H7Cl2F3/c1-5-2-8(11)7(9(12,13)14)3-6(5)4-10/h2-3H,4H2,1H3. The SMILES string of the molecule is Cc1cc(Cl)c(C(F)(F)F)cc1CCl. The Balaban J connectivity index is 3.32. The fourth-order valence-corrected chi connectivity index (χ4v) is 1.69. The average Bonchev–Trinajstić information content (AvgIpc) is 2.02. The fraction of sp³-hybridized carbons (Fsp3) is 0.333. The molecule has 5 heteroatoms. The van der Waals surface area contributed by atoms with Gasteiger partial charge in [0.25, 0.3) is 0 Å². The van der Waals surface area contributed by atoms with Crippen molar-refractivity contribution in [2.24, 2.45) is 0 Å². The molecule has 1 aromatic carbocycles. The largest absolute Gasteiger partial charge is 0.417 e. The maximum absolute atomic E-state index is 12.4. The van der Waals surface area contributed by atoms with Crippen LogP contribution in [-0.2, 0) is 12.1 Å². The Kier molecular flexibility index (Phi) is 3.32. The molecule has 78 valence electrons. The van der Waals surface area contributed by atoms with Gasteiger partial charge in [-0.05, 0) is 30.2 Å². The molecule has 0 aliphatic heterocycles. The van der Waals surface area contributed by atoms with Gasteiger partial charge in [-0.25, -0.2) is 0 Å². The Bertz CT molecular complexity index is 345. The van der Waals surface area contributed by atoms with Gasteiger partial charge < -0.3 is 0 Å². The number of benzene rings is 1. The molecule has 0 saturated carbocycles. The Labute approximate surface area is 89.6 Å². The first-order chi connectivity index (χ1) is 6.36. The zero-order valence-corrected chi connectivity index (χ0v) is 8.76. The summed E-state index contributed by atoms with van der Waals surface area (Å²) < 4.78 is 37.1. The molecule has 0 fully saturated rings. The third-order valence-corrected chi connectivity index (χ3v) is 2.48. The Morgan fingerprint density at radius 3 is 2.29 bits per heavy atom. The van der Waals surface area contributed by atoms with Gasteiger partial charge in [-0.15, -0.1) is 11.6 Å². The van der Waals surface area contributed by atoms with Gasteiger partial charge in [0.1, 0.15) is 0 Å². The van der Waals surface area contributed by atoms with Crippen molar-refractivity contribution in [3.8, 4) is 0 Å². The van der Waals surface area contributed by atoms with Gasteiger partial charge in [0.2, 0.25) is 0 Å². The van der Waals surface area contributed by atoms with E-state index in [-0.39, 0.29) is 10.9 Å². The minimum atomic E-state index is -4.43. The highest BCUT2D eigenvalue weighted by molar-refractivity contribution is 6.31. The van der Waals surface area contributed by atoms with Crippen molar-refractivity contribution in [1.29, 1.82) is 0 Å². The van der Waals surface area contributed by atoms with Gasteiger partial charge in [0, 0.05) is 5.88 Å². The van der Waals surface area contributed by atoms with E-state index < -0.39 is 11.7 Å². The van der Waals surface area contributed by atoms with Crippen molar-refractivity contribution < 1.29 is 13.2 Å². The highest BCUT2D eigenvalue weighted by Crippen LogP contribution is 2.36. The van der Waals surface area contributed by atoms with Crippen LogP contribution in [0.25, 0.3) is 0 Å². The van der Waals surface area contributed by atoms with E-state index in [4.69, 9.17) is 23.2 Å². The van der Waals surface area contributed by atoms with Crippen LogP contribution in [0.1, 0.15) is 16.7 Å². The van der Waals surface area contributed by atoms with Crippen LogP contribution in [0.3, 0.4) is 0 Å². The van der Waals surface area contributed by atoms with Crippen molar-refractivity contribution in [1.82, 2.24) is 0 Å². The normalized spacial score (nSPS) is 11.9. The summed E-state index contributed by atoms with van der Waals surface area (Å²) in [6, 6.07) is 2.27. The van der Waals surface area contributed by atoms with E-state index in [0.29, 0.717) is 11.1 Å². The summed E-state index contributed by atoms with van der Waals surface area (Å²) >= 11 is 11.0. The molecule has 0 spiro atoms. The van der Waals surface area contributed by atoms with Gasteiger partial charge in [-0.2, -0.15) is 13.2 Å². The molecule has 0 N–H and O–H groups in total. The number of halogens is 5. The molecular formula is C9H7Cl2F3. The lowest BCUT2D eigenvalue weighted by molar-refractivity contribution is -0.137. The van der Waals surface area contributed by atoms with Gasteiger partial charge in [0.05, 0.1) is 10.6 Å². The Morgan fingerprint density at radius 1 is 1.29 bits per heavy atom. The van der Waals surface area contributed by atoms with E-state index in [0.717, 1.165) is 6.07 Å². The highest BCUT2D eigenvalue weighted by atomic mass is 35.5. The number of hydrogen-bond acceptors (Lipinski definition) is 0. The van der Waals surface area contributed by atoms with Crippen LogP contribution in [-0.4, -0.2) is 0 Å². The molecule has 0 heterocycles. The van der Waals surface area contributed by atoms with Gasteiger partial charge in [-0.1, -0.05) is 11.6 Å². The average molecular weight is 243 g/mol. The van der Waals surface area contributed by atoms with E-state index in [2.05, 4.69) is 0 Å². The lowest BCUT2D eigenvalue weighted by Gasteiger charge is -2.11. The minimum Gasteiger partial charge on any atom is -0.166 e. The second-order valence-corrected chi connectivity index (χ2v) is 3.56. The molecule has 1 aromatic rings. The van der Waals surface area contributed by atoms with Gasteiger partial charge in [-0.3, -0.25) is 0 Å². The van der Waals surface area contributed by atoms with Crippen LogP contribution >= 0.6 is 23.2 Å². The van der Waals surface area contributed by atoms with Crippen LogP contribution < -0.4 is 0 Å². The summed E-state index contributed by atoms with van der Waals surface area (Å²) in [6.07, 6.45) is -4.43. The summed E-state index contributed by atoms with van der Waals surface area (Å²) in [5.74, 6) is 0.0477. The zero-order valence-electron chi connectivity index (χ0n) is 7.25. The molecule has 0 atom stereocenters. The van der Waals surface area contributed by atoms with E-state index in [1.807, 2.05) is 0 Å². The molecule has 1 rings (SSSR count). The van der Waals surface area contributed by atoms with Crippen LogP contribution in [0.4, 0.5) is 13.2 Å². The summed E-state index contributed by atoms with van der Waals surface area (Å²) in [6.45, 7) is 1.67. The molecule has 14 heavy (non-hydrogen) atoms. The highest BCUT2D eigenvalue weighted by Gasteiger charge is 2.33. The quantitative estimate of drug-likeness (QED) is 0.641. The van der Waals surface area contributed by atoms with Crippen molar-refractivity contribution in [2.45, 2.75) is 19.0 Å². The molecule has 0 bridgehead atoms. The lowest BCUT2D eigenvalue weighted by Crippen LogP contribution is -2.07. The number of rotatable bonds is 1. The van der Waals surface area contributed by atoms with Crippen LogP contribution in [0, 0.1) is 6.92 Å². The molecule has 0 aliphatic carbocycles. The first-order valence-electron chi connectivity index (χ1n) is 3.78. The maximum atomic E-state index is 12.4. The van der Waals surface area contributed by atoms with Crippen LogP contribution in [0.15, 0.2) is 12.1 Å². The Hall–Kier alpha value is -0.410. The smallest absolute Gasteiger partial charge is 0.166 e. The van der Waals surface area contributed by atoms with E-state index in [9.17, 15) is 13.2 Å². The molecule has 0 amide bonds.